The molecule has 1 rings (SSSR count). The Morgan fingerprint density at radius 2 is 2.42 bits per heavy atom. The number of nitrogens with one attached hydrogen (secondary N) is 1. The van der Waals surface area contributed by atoms with Crippen LogP contribution in [0.4, 0.5) is 0 Å². The smallest absolute Gasteiger partial charge is 0.164 e. The summed E-state index contributed by atoms with van der Waals surface area (Å²) in [5.74, 6) is 3.52. The predicted molar refractivity (Wildman–Crippen MR) is 56.6 cm³/mol. The van der Waals surface area contributed by atoms with Crippen LogP contribution in [0.15, 0.2) is 16.5 Å². The lowest BCUT2D eigenvalue weighted by Crippen LogP contribution is -2.13. The lowest BCUT2D eigenvalue weighted by Gasteiger charge is -1.97. The van der Waals surface area contributed by atoms with Gasteiger partial charge in [-0.3, -0.25) is 0 Å². The van der Waals surface area contributed by atoms with Crippen molar-refractivity contribution in [3.63, 3.8) is 0 Å². The van der Waals surface area contributed by atoms with Crippen molar-refractivity contribution >= 4 is 22.6 Å². The normalized spacial score (nSPS) is 9.67. The summed E-state index contributed by atoms with van der Waals surface area (Å²) in [4.78, 5) is 0. The van der Waals surface area contributed by atoms with Crippen LogP contribution in [0.1, 0.15) is 12.2 Å². The number of hydrogen-bond acceptors (Lipinski definition) is 2. The van der Waals surface area contributed by atoms with Crippen LogP contribution in [0.5, 0.6) is 0 Å². The first kappa shape index (κ1) is 9.62. The topological polar surface area (TPSA) is 25.2 Å². The second kappa shape index (κ2) is 5.22. The molecule has 0 radical (unpaired) electrons. The Balaban J connectivity index is 2.21. The second-order valence-corrected chi connectivity index (χ2v) is 3.40. The Bertz CT molecular complexity index is 274. The van der Waals surface area contributed by atoms with Crippen molar-refractivity contribution in [3.05, 3.63) is 21.7 Å². The first-order chi connectivity index (χ1) is 5.83. The van der Waals surface area contributed by atoms with Gasteiger partial charge in [0.2, 0.25) is 0 Å². The molecule has 0 aliphatic heterocycles. The van der Waals surface area contributed by atoms with E-state index in [1.54, 1.807) is 0 Å². The number of rotatable bonds is 4. The average Bonchev–Trinajstić information content (AvgIpc) is 2.45. The highest BCUT2D eigenvalue weighted by atomic mass is 127. The summed E-state index contributed by atoms with van der Waals surface area (Å²) in [6.07, 6.45) is 5.86. The standard InChI is InChI=1S/C9H10INO/c1-2-3-6-11-7-8-4-5-9(10)12-8/h1,4-5,11H,3,6-7H2. The van der Waals surface area contributed by atoms with Crippen LogP contribution in [-0.2, 0) is 6.54 Å². The predicted octanol–water partition coefficient (Wildman–Crippen LogP) is 2.00. The molecule has 0 spiro atoms. The van der Waals surface area contributed by atoms with E-state index in [2.05, 4.69) is 33.8 Å². The van der Waals surface area contributed by atoms with E-state index >= 15 is 0 Å². The van der Waals surface area contributed by atoms with Crippen LogP contribution >= 0.6 is 22.6 Å². The fourth-order valence-corrected chi connectivity index (χ4v) is 1.28. The summed E-state index contributed by atoms with van der Waals surface area (Å²) < 4.78 is 6.25. The Kier molecular flexibility index (Phi) is 4.19. The largest absolute Gasteiger partial charge is 0.454 e. The van der Waals surface area contributed by atoms with Crippen LogP contribution in [0.3, 0.4) is 0 Å². The molecule has 1 heterocycles. The molecule has 0 bridgehead atoms. The van der Waals surface area contributed by atoms with Crippen LogP contribution in [0.2, 0.25) is 0 Å². The highest BCUT2D eigenvalue weighted by Crippen LogP contribution is 2.09. The van der Waals surface area contributed by atoms with Crippen molar-refractivity contribution in [2.24, 2.45) is 0 Å². The molecule has 2 nitrogen and oxygen atoms in total. The van der Waals surface area contributed by atoms with E-state index in [0.29, 0.717) is 0 Å². The van der Waals surface area contributed by atoms with Gasteiger partial charge in [-0.2, -0.15) is 0 Å². The van der Waals surface area contributed by atoms with E-state index in [1.165, 1.54) is 0 Å². The molecule has 0 atom stereocenters. The molecule has 0 aromatic carbocycles. The Hall–Kier alpha value is -0.470. The molecule has 0 aliphatic rings. The molecular weight excluding hydrogens is 265 g/mol. The van der Waals surface area contributed by atoms with Gasteiger partial charge in [0.1, 0.15) is 5.76 Å². The van der Waals surface area contributed by atoms with Crippen LogP contribution in [0.25, 0.3) is 0 Å². The summed E-state index contributed by atoms with van der Waals surface area (Å²) in [5, 5.41) is 3.18. The summed E-state index contributed by atoms with van der Waals surface area (Å²) >= 11 is 2.14. The zero-order valence-corrected chi connectivity index (χ0v) is 8.80. The third-order valence-corrected chi connectivity index (χ3v) is 1.95. The van der Waals surface area contributed by atoms with Gasteiger partial charge in [0.15, 0.2) is 3.77 Å². The summed E-state index contributed by atoms with van der Waals surface area (Å²) in [5.41, 5.74) is 0. The maximum absolute atomic E-state index is 5.34. The first-order valence-electron chi connectivity index (χ1n) is 3.71. The zero-order chi connectivity index (χ0) is 8.81. The maximum atomic E-state index is 5.34. The maximum Gasteiger partial charge on any atom is 0.164 e. The highest BCUT2D eigenvalue weighted by Gasteiger charge is 1.96. The Morgan fingerprint density at radius 3 is 3.00 bits per heavy atom. The average molecular weight is 275 g/mol. The molecule has 0 saturated carbocycles. The molecule has 0 aliphatic carbocycles. The number of halogens is 1. The van der Waals surface area contributed by atoms with Gasteiger partial charge in [-0.25, -0.2) is 0 Å². The fourth-order valence-electron chi connectivity index (χ4n) is 0.819. The van der Waals surface area contributed by atoms with E-state index in [9.17, 15) is 0 Å². The van der Waals surface area contributed by atoms with Crippen molar-refractivity contribution in [2.45, 2.75) is 13.0 Å². The van der Waals surface area contributed by atoms with Gasteiger partial charge in [0.05, 0.1) is 6.54 Å². The summed E-state index contributed by atoms with van der Waals surface area (Å²) in [6, 6.07) is 3.91. The molecular formula is C9H10INO. The number of terminal acetylenes is 1. The van der Waals surface area contributed by atoms with E-state index < -0.39 is 0 Å². The Labute approximate surface area is 85.9 Å². The van der Waals surface area contributed by atoms with Crippen molar-refractivity contribution in [1.82, 2.24) is 5.32 Å². The van der Waals surface area contributed by atoms with Crippen LogP contribution in [0, 0.1) is 16.1 Å². The molecule has 1 aromatic rings. The van der Waals surface area contributed by atoms with E-state index in [1.807, 2.05) is 12.1 Å². The van der Waals surface area contributed by atoms with E-state index in [0.717, 1.165) is 29.0 Å². The van der Waals surface area contributed by atoms with E-state index in [4.69, 9.17) is 10.8 Å². The van der Waals surface area contributed by atoms with Gasteiger partial charge in [0.25, 0.3) is 0 Å². The number of hydrogen-bond donors (Lipinski definition) is 1. The van der Waals surface area contributed by atoms with Gasteiger partial charge >= 0.3 is 0 Å². The lowest BCUT2D eigenvalue weighted by atomic mass is 10.4. The lowest BCUT2D eigenvalue weighted by molar-refractivity contribution is 0.465. The monoisotopic (exact) mass is 275 g/mol. The van der Waals surface area contributed by atoms with Crippen LogP contribution < -0.4 is 5.32 Å². The first-order valence-corrected chi connectivity index (χ1v) is 4.79. The summed E-state index contributed by atoms with van der Waals surface area (Å²) in [6.45, 7) is 1.60. The van der Waals surface area contributed by atoms with Gasteiger partial charge < -0.3 is 9.73 Å². The van der Waals surface area contributed by atoms with Crippen molar-refractivity contribution in [3.8, 4) is 12.3 Å². The van der Waals surface area contributed by atoms with E-state index in [-0.39, 0.29) is 0 Å². The SMILES string of the molecule is C#CCCNCc1ccc(I)o1. The quantitative estimate of drug-likeness (QED) is 0.516. The molecule has 1 N–H and O–H groups in total. The van der Waals surface area contributed by atoms with Gasteiger partial charge in [-0.1, -0.05) is 0 Å². The number of furan rings is 1. The minimum Gasteiger partial charge on any atom is -0.454 e. The zero-order valence-electron chi connectivity index (χ0n) is 6.64. The second-order valence-electron chi connectivity index (χ2n) is 2.34. The molecule has 1 aromatic heterocycles. The minimum atomic E-state index is 0.755. The third kappa shape index (κ3) is 3.28. The highest BCUT2D eigenvalue weighted by molar-refractivity contribution is 14.1. The van der Waals surface area contributed by atoms with Gasteiger partial charge in [0, 0.05) is 13.0 Å². The van der Waals surface area contributed by atoms with Gasteiger partial charge in [-0.15, -0.1) is 12.3 Å². The Morgan fingerprint density at radius 1 is 1.58 bits per heavy atom. The van der Waals surface area contributed by atoms with Crippen molar-refractivity contribution < 1.29 is 4.42 Å². The molecule has 0 unspecified atom stereocenters. The summed E-state index contributed by atoms with van der Waals surface area (Å²) in [7, 11) is 0. The third-order valence-electron chi connectivity index (χ3n) is 1.37. The molecule has 0 fully saturated rings. The molecule has 64 valence electrons. The van der Waals surface area contributed by atoms with Crippen molar-refractivity contribution in [1.29, 1.82) is 0 Å². The van der Waals surface area contributed by atoms with Gasteiger partial charge in [-0.05, 0) is 34.7 Å². The van der Waals surface area contributed by atoms with Crippen molar-refractivity contribution in [2.75, 3.05) is 6.54 Å². The fraction of sp³-hybridized carbons (Fsp3) is 0.333. The van der Waals surface area contributed by atoms with Crippen LogP contribution in [-0.4, -0.2) is 6.54 Å². The molecule has 0 saturated heterocycles. The minimum absolute atomic E-state index is 0.755. The molecule has 0 amide bonds. The molecule has 3 heteroatoms. The molecule has 12 heavy (non-hydrogen) atoms.